The first-order valence-corrected chi connectivity index (χ1v) is 7.40. The van der Waals surface area contributed by atoms with E-state index >= 15 is 0 Å². The van der Waals surface area contributed by atoms with Crippen molar-refractivity contribution in [3.05, 3.63) is 0 Å². The largest absolute Gasteiger partial charge is 0.473 e. The van der Waals surface area contributed by atoms with E-state index < -0.39 is 17.5 Å². The highest BCUT2D eigenvalue weighted by molar-refractivity contribution is 6.27. The minimum absolute atomic E-state index is 0.118. The molecule has 2 atom stereocenters. The second-order valence-electron chi connectivity index (χ2n) is 6.25. The number of hydrogen-bond donors (Lipinski definition) is 3. The molecule has 0 aromatic carbocycles. The summed E-state index contributed by atoms with van der Waals surface area (Å²) in [4.78, 5) is 32.1. The lowest BCUT2D eigenvalue weighted by atomic mass is 10.0. The van der Waals surface area contributed by atoms with Crippen LogP contribution in [-0.2, 0) is 19.1 Å². The molecule has 2 fully saturated rings. The van der Waals surface area contributed by atoms with E-state index in [1.807, 2.05) is 25.7 Å². The van der Waals surface area contributed by atoms with Gasteiger partial charge in [-0.2, -0.15) is 0 Å². The van der Waals surface area contributed by atoms with E-state index in [0.29, 0.717) is 13.2 Å². The number of morpholine rings is 1. The molecule has 132 valence electrons. The van der Waals surface area contributed by atoms with E-state index in [2.05, 4.69) is 5.32 Å². The van der Waals surface area contributed by atoms with Gasteiger partial charge in [-0.3, -0.25) is 4.90 Å². The number of ether oxygens (including phenoxy) is 2. The molecule has 0 aromatic heterocycles. The van der Waals surface area contributed by atoms with Gasteiger partial charge in [0.25, 0.3) is 0 Å². The van der Waals surface area contributed by atoms with E-state index in [9.17, 15) is 4.79 Å². The molecular formula is C14H24N2O7. The summed E-state index contributed by atoms with van der Waals surface area (Å²) in [6, 6.07) is 0.118. The molecule has 2 unspecified atom stereocenters. The Bertz CT molecular complexity index is 433. The molecule has 9 nitrogen and oxygen atoms in total. The first-order valence-electron chi connectivity index (χ1n) is 7.40. The third kappa shape index (κ3) is 6.41. The molecule has 2 heterocycles. The quantitative estimate of drug-likeness (QED) is 0.535. The number of carboxylic acid groups (broad SMARTS) is 2. The minimum atomic E-state index is -1.82. The van der Waals surface area contributed by atoms with Crippen LogP contribution in [0.3, 0.4) is 0 Å². The van der Waals surface area contributed by atoms with Gasteiger partial charge in [0.2, 0.25) is 0 Å². The summed E-state index contributed by atoms with van der Waals surface area (Å²) in [6.07, 6.45) is 0.904. The van der Waals surface area contributed by atoms with Crippen molar-refractivity contribution in [1.29, 1.82) is 0 Å². The van der Waals surface area contributed by atoms with E-state index in [4.69, 9.17) is 29.3 Å². The minimum Gasteiger partial charge on any atom is -0.473 e. The van der Waals surface area contributed by atoms with Crippen molar-refractivity contribution in [1.82, 2.24) is 10.2 Å². The summed E-state index contributed by atoms with van der Waals surface area (Å²) in [5.41, 5.74) is -0.438. The van der Waals surface area contributed by atoms with E-state index in [0.717, 1.165) is 19.5 Å². The summed E-state index contributed by atoms with van der Waals surface area (Å²) in [5, 5.41) is 18.1. The van der Waals surface area contributed by atoms with Gasteiger partial charge in [0.15, 0.2) is 0 Å². The van der Waals surface area contributed by atoms with Crippen LogP contribution in [0.2, 0.25) is 0 Å². The highest BCUT2D eigenvalue weighted by Crippen LogP contribution is 2.21. The number of aliphatic carboxylic acids is 2. The Morgan fingerprint density at radius 3 is 2.35 bits per heavy atom. The number of rotatable bonds is 0. The fourth-order valence-corrected chi connectivity index (χ4v) is 2.34. The number of amides is 1. The first kappa shape index (κ1) is 19.2. The third-order valence-corrected chi connectivity index (χ3v) is 3.26. The maximum atomic E-state index is 12.1. The number of carboxylic acids is 2. The molecule has 23 heavy (non-hydrogen) atoms. The van der Waals surface area contributed by atoms with Gasteiger partial charge in [-0.25, -0.2) is 14.4 Å². The molecule has 2 rings (SSSR count). The summed E-state index contributed by atoms with van der Waals surface area (Å²) in [7, 11) is 0. The summed E-state index contributed by atoms with van der Waals surface area (Å²) >= 11 is 0. The Morgan fingerprint density at radius 1 is 1.22 bits per heavy atom. The van der Waals surface area contributed by atoms with Crippen LogP contribution in [0, 0.1) is 0 Å². The number of carbonyl (C=O) groups is 3. The fraction of sp³-hybridized carbons (Fsp3) is 0.786. The van der Waals surface area contributed by atoms with Crippen molar-refractivity contribution in [2.24, 2.45) is 0 Å². The number of carbonyl (C=O) groups excluding carboxylic acids is 1. The Balaban J connectivity index is 0.000000379. The molecule has 0 saturated carbocycles. The zero-order valence-electron chi connectivity index (χ0n) is 13.6. The Kier molecular flexibility index (Phi) is 6.77. The van der Waals surface area contributed by atoms with Crippen molar-refractivity contribution in [3.63, 3.8) is 0 Å². The molecule has 0 radical (unpaired) electrons. The molecule has 0 bridgehead atoms. The number of piperidine rings is 1. The fourth-order valence-electron chi connectivity index (χ4n) is 2.34. The topological polar surface area (TPSA) is 125 Å². The number of fused-ring (bicyclic) bond motifs is 1. The van der Waals surface area contributed by atoms with Crippen LogP contribution in [0.15, 0.2) is 0 Å². The van der Waals surface area contributed by atoms with E-state index in [1.54, 1.807) is 0 Å². The SMILES string of the molecule is CC(C)(C)OC(=O)N1CCOC2CCNCC21.O=C(O)C(=O)O. The Labute approximate surface area is 134 Å². The standard InChI is InChI=1S/C12H22N2O3.C2H2O4/c1-12(2,3)17-11(15)14-6-7-16-10-4-5-13-8-9(10)14;3-1(4)2(5)6/h9-10,13H,4-8H2,1-3H3;(H,3,4)(H,5,6). The van der Waals surface area contributed by atoms with Gasteiger partial charge in [0.1, 0.15) is 5.60 Å². The second kappa shape index (κ2) is 8.11. The van der Waals surface area contributed by atoms with Crippen LogP contribution in [-0.4, -0.2) is 77.1 Å². The average molecular weight is 332 g/mol. The van der Waals surface area contributed by atoms with Crippen molar-refractivity contribution >= 4 is 18.0 Å². The van der Waals surface area contributed by atoms with Crippen molar-refractivity contribution in [3.8, 4) is 0 Å². The van der Waals surface area contributed by atoms with Crippen molar-refractivity contribution < 1.29 is 34.1 Å². The summed E-state index contributed by atoms with van der Waals surface area (Å²) in [6.45, 7) is 8.66. The van der Waals surface area contributed by atoms with Gasteiger partial charge < -0.3 is 25.0 Å². The van der Waals surface area contributed by atoms with Crippen LogP contribution < -0.4 is 5.32 Å². The predicted octanol–water partition coefficient (Wildman–Crippen LogP) is 0.140. The van der Waals surface area contributed by atoms with Crippen LogP contribution in [0.5, 0.6) is 0 Å². The Morgan fingerprint density at radius 2 is 1.83 bits per heavy atom. The number of hydrogen-bond acceptors (Lipinski definition) is 6. The first-order chi connectivity index (χ1) is 10.6. The van der Waals surface area contributed by atoms with Crippen LogP contribution >= 0.6 is 0 Å². The van der Waals surface area contributed by atoms with Gasteiger partial charge in [0.05, 0.1) is 18.8 Å². The van der Waals surface area contributed by atoms with Gasteiger partial charge in [-0.15, -0.1) is 0 Å². The molecule has 3 N–H and O–H groups in total. The molecule has 2 saturated heterocycles. The van der Waals surface area contributed by atoms with Gasteiger partial charge in [-0.1, -0.05) is 0 Å². The predicted molar refractivity (Wildman–Crippen MR) is 79.2 cm³/mol. The van der Waals surface area contributed by atoms with Crippen molar-refractivity contribution in [2.75, 3.05) is 26.2 Å². The van der Waals surface area contributed by atoms with Gasteiger partial charge in [-0.05, 0) is 33.7 Å². The molecule has 1 amide bonds. The van der Waals surface area contributed by atoms with Crippen LogP contribution in [0.4, 0.5) is 4.79 Å². The lowest BCUT2D eigenvalue weighted by Gasteiger charge is -2.43. The second-order valence-corrected chi connectivity index (χ2v) is 6.25. The van der Waals surface area contributed by atoms with Crippen molar-refractivity contribution in [2.45, 2.75) is 44.9 Å². The van der Waals surface area contributed by atoms with Crippen LogP contribution in [0.1, 0.15) is 27.2 Å². The molecular weight excluding hydrogens is 308 g/mol. The molecule has 2 aliphatic heterocycles. The highest BCUT2D eigenvalue weighted by atomic mass is 16.6. The molecule has 0 aliphatic carbocycles. The van der Waals surface area contributed by atoms with E-state index in [1.165, 1.54) is 0 Å². The lowest BCUT2D eigenvalue weighted by molar-refractivity contribution is -0.159. The number of nitrogens with zero attached hydrogens (tertiary/aromatic N) is 1. The highest BCUT2D eigenvalue weighted by Gasteiger charge is 2.38. The zero-order chi connectivity index (χ0) is 17.6. The monoisotopic (exact) mass is 332 g/mol. The maximum absolute atomic E-state index is 12.1. The van der Waals surface area contributed by atoms with Gasteiger partial charge >= 0.3 is 18.0 Å². The summed E-state index contributed by atoms with van der Waals surface area (Å²) in [5.74, 6) is -3.65. The lowest BCUT2D eigenvalue weighted by Crippen LogP contribution is -2.61. The molecule has 2 aliphatic rings. The molecule has 9 heteroatoms. The normalized spacial score (nSPS) is 23.9. The van der Waals surface area contributed by atoms with Gasteiger partial charge in [0, 0.05) is 13.1 Å². The average Bonchev–Trinajstić information content (AvgIpc) is 2.45. The zero-order valence-corrected chi connectivity index (χ0v) is 13.6. The molecule has 0 spiro atoms. The van der Waals surface area contributed by atoms with E-state index in [-0.39, 0.29) is 18.2 Å². The van der Waals surface area contributed by atoms with Crippen LogP contribution in [0.25, 0.3) is 0 Å². The maximum Gasteiger partial charge on any atom is 0.414 e. The summed E-state index contributed by atoms with van der Waals surface area (Å²) < 4.78 is 11.1. The smallest absolute Gasteiger partial charge is 0.414 e. The Hall–Kier alpha value is -1.87. The molecule has 0 aromatic rings. The number of nitrogens with one attached hydrogen (secondary N) is 1. The third-order valence-electron chi connectivity index (χ3n) is 3.26.